The number of carbonyl (C=O) groups is 2. The molecule has 2 heterocycles. The molecule has 2 N–H and O–H groups in total. The Labute approximate surface area is 129 Å². The first kappa shape index (κ1) is 15.0. The highest BCUT2D eigenvalue weighted by Gasteiger charge is 2.31. The average molecular weight is 306 g/mol. The molecule has 0 spiro atoms. The van der Waals surface area contributed by atoms with Gasteiger partial charge >= 0.3 is 5.97 Å². The molecule has 1 unspecified atom stereocenters. The van der Waals surface area contributed by atoms with Crippen LogP contribution in [0.2, 0.25) is 0 Å². The lowest BCUT2D eigenvalue weighted by molar-refractivity contribution is -0.142. The van der Waals surface area contributed by atoms with Crippen LogP contribution in [0.3, 0.4) is 0 Å². The van der Waals surface area contributed by atoms with Gasteiger partial charge in [0.1, 0.15) is 11.9 Å². The first-order chi connectivity index (χ1) is 10.6. The summed E-state index contributed by atoms with van der Waals surface area (Å²) in [6, 6.07) is 1.63. The standard InChI is InChI=1S/C15H22N4O3/c20-14(10-18-9-3-6-12(18)15(21)22)17-13-7-8-16-19(13)11-4-1-2-5-11/h7-8,11-12H,1-6,9-10H2,(H,17,20)(H,21,22). The fourth-order valence-electron chi connectivity index (χ4n) is 3.51. The summed E-state index contributed by atoms with van der Waals surface area (Å²) in [5, 5.41) is 16.4. The van der Waals surface area contributed by atoms with Crippen LogP contribution in [0.25, 0.3) is 0 Å². The van der Waals surface area contributed by atoms with Crippen molar-refractivity contribution in [3.63, 3.8) is 0 Å². The summed E-state index contributed by atoms with van der Waals surface area (Å²) in [7, 11) is 0. The number of carbonyl (C=O) groups excluding carboxylic acids is 1. The summed E-state index contributed by atoms with van der Waals surface area (Å²) < 4.78 is 1.89. The minimum absolute atomic E-state index is 0.118. The van der Waals surface area contributed by atoms with Crippen LogP contribution in [-0.2, 0) is 9.59 Å². The molecule has 1 atom stereocenters. The Morgan fingerprint density at radius 2 is 2.05 bits per heavy atom. The van der Waals surface area contributed by atoms with Crippen LogP contribution in [0.4, 0.5) is 5.82 Å². The van der Waals surface area contributed by atoms with E-state index in [0.29, 0.717) is 24.8 Å². The zero-order chi connectivity index (χ0) is 15.5. The van der Waals surface area contributed by atoms with Crippen molar-refractivity contribution in [2.45, 2.75) is 50.6 Å². The number of carboxylic acids is 1. The number of amides is 1. The van der Waals surface area contributed by atoms with E-state index < -0.39 is 12.0 Å². The highest BCUT2D eigenvalue weighted by atomic mass is 16.4. The fraction of sp³-hybridized carbons (Fsp3) is 0.667. The van der Waals surface area contributed by atoms with E-state index in [1.807, 2.05) is 4.68 Å². The summed E-state index contributed by atoms with van der Waals surface area (Å²) in [5.74, 6) is -0.308. The quantitative estimate of drug-likeness (QED) is 0.860. The van der Waals surface area contributed by atoms with Gasteiger partial charge in [0, 0.05) is 6.07 Å². The van der Waals surface area contributed by atoms with Crippen LogP contribution >= 0.6 is 0 Å². The summed E-state index contributed by atoms with van der Waals surface area (Å²) in [5.41, 5.74) is 0. The van der Waals surface area contributed by atoms with Gasteiger partial charge in [-0.15, -0.1) is 0 Å². The van der Waals surface area contributed by atoms with Crippen molar-refractivity contribution in [3.8, 4) is 0 Å². The van der Waals surface area contributed by atoms with Gasteiger partial charge in [-0.1, -0.05) is 12.8 Å². The zero-order valence-electron chi connectivity index (χ0n) is 12.6. The van der Waals surface area contributed by atoms with Crippen LogP contribution < -0.4 is 5.32 Å². The minimum atomic E-state index is -0.846. The highest BCUT2D eigenvalue weighted by Crippen LogP contribution is 2.31. The van der Waals surface area contributed by atoms with Crippen LogP contribution in [0, 0.1) is 0 Å². The van der Waals surface area contributed by atoms with E-state index in [2.05, 4.69) is 10.4 Å². The predicted molar refractivity (Wildman–Crippen MR) is 80.6 cm³/mol. The Kier molecular flexibility index (Phi) is 4.42. The molecule has 7 nitrogen and oxygen atoms in total. The Bertz CT molecular complexity index is 551. The summed E-state index contributed by atoms with van der Waals surface area (Å²) in [6.07, 6.45) is 7.73. The maximum Gasteiger partial charge on any atom is 0.320 e. The van der Waals surface area contributed by atoms with E-state index in [-0.39, 0.29) is 12.5 Å². The SMILES string of the molecule is O=C(CN1CCCC1C(=O)O)Nc1ccnn1C1CCCC1. The molecule has 1 saturated carbocycles. The van der Waals surface area contributed by atoms with E-state index in [1.165, 1.54) is 12.8 Å². The second-order valence-electron chi connectivity index (χ2n) is 6.11. The third-order valence-electron chi connectivity index (χ3n) is 4.60. The molecule has 2 aliphatic rings. The molecule has 2 fully saturated rings. The largest absolute Gasteiger partial charge is 0.480 e. The molecule has 0 aromatic carbocycles. The number of aromatic nitrogens is 2. The third-order valence-corrected chi connectivity index (χ3v) is 4.60. The maximum absolute atomic E-state index is 12.2. The van der Waals surface area contributed by atoms with Crippen molar-refractivity contribution in [3.05, 3.63) is 12.3 Å². The van der Waals surface area contributed by atoms with E-state index in [4.69, 9.17) is 5.11 Å². The summed E-state index contributed by atoms with van der Waals surface area (Å²) in [6.45, 7) is 0.777. The molecule has 1 amide bonds. The number of hydrogen-bond acceptors (Lipinski definition) is 4. The minimum Gasteiger partial charge on any atom is -0.480 e. The molecular formula is C15H22N4O3. The number of aliphatic carboxylic acids is 1. The molecule has 1 aliphatic carbocycles. The van der Waals surface area contributed by atoms with Crippen molar-refractivity contribution in [2.75, 3.05) is 18.4 Å². The van der Waals surface area contributed by atoms with Crippen molar-refractivity contribution in [2.24, 2.45) is 0 Å². The molecule has 1 saturated heterocycles. The number of nitrogens with one attached hydrogen (secondary N) is 1. The average Bonchev–Trinajstić information content (AvgIpc) is 3.18. The smallest absolute Gasteiger partial charge is 0.320 e. The Morgan fingerprint density at radius 1 is 1.27 bits per heavy atom. The fourth-order valence-corrected chi connectivity index (χ4v) is 3.51. The molecule has 1 aromatic heterocycles. The molecule has 0 radical (unpaired) electrons. The van der Waals surface area contributed by atoms with Crippen LogP contribution in [0.1, 0.15) is 44.6 Å². The van der Waals surface area contributed by atoms with E-state index in [9.17, 15) is 9.59 Å². The monoisotopic (exact) mass is 306 g/mol. The van der Waals surface area contributed by atoms with E-state index in [0.717, 1.165) is 19.3 Å². The number of likely N-dealkylation sites (tertiary alicyclic amines) is 1. The van der Waals surface area contributed by atoms with Crippen LogP contribution in [0.5, 0.6) is 0 Å². The van der Waals surface area contributed by atoms with Gasteiger partial charge < -0.3 is 10.4 Å². The first-order valence-electron chi connectivity index (χ1n) is 7.95. The van der Waals surface area contributed by atoms with Crippen molar-refractivity contribution >= 4 is 17.7 Å². The van der Waals surface area contributed by atoms with Crippen LogP contribution in [0.15, 0.2) is 12.3 Å². The molecular weight excluding hydrogens is 284 g/mol. The Balaban J connectivity index is 1.60. The molecule has 120 valence electrons. The normalized spacial score (nSPS) is 23.0. The summed E-state index contributed by atoms with van der Waals surface area (Å²) in [4.78, 5) is 25.1. The van der Waals surface area contributed by atoms with Crippen molar-refractivity contribution in [1.82, 2.24) is 14.7 Å². The van der Waals surface area contributed by atoms with E-state index in [1.54, 1.807) is 17.2 Å². The van der Waals surface area contributed by atoms with Gasteiger partial charge in [0.15, 0.2) is 0 Å². The Morgan fingerprint density at radius 3 is 2.77 bits per heavy atom. The lowest BCUT2D eigenvalue weighted by atomic mass is 10.2. The lowest BCUT2D eigenvalue weighted by Gasteiger charge is -2.21. The van der Waals surface area contributed by atoms with Crippen molar-refractivity contribution < 1.29 is 14.7 Å². The number of hydrogen-bond donors (Lipinski definition) is 2. The predicted octanol–water partition coefficient (Wildman–Crippen LogP) is 1.49. The van der Waals surface area contributed by atoms with Gasteiger partial charge in [0.05, 0.1) is 18.8 Å². The first-order valence-corrected chi connectivity index (χ1v) is 7.95. The number of anilines is 1. The molecule has 7 heteroatoms. The van der Waals surface area contributed by atoms with Gasteiger partial charge in [-0.25, -0.2) is 4.68 Å². The van der Waals surface area contributed by atoms with E-state index >= 15 is 0 Å². The van der Waals surface area contributed by atoms with Gasteiger partial charge in [-0.2, -0.15) is 5.10 Å². The van der Waals surface area contributed by atoms with Gasteiger partial charge in [0.2, 0.25) is 5.91 Å². The molecule has 3 rings (SSSR count). The lowest BCUT2D eigenvalue weighted by Crippen LogP contribution is -2.41. The number of carboxylic acid groups (broad SMARTS) is 1. The summed E-state index contributed by atoms with van der Waals surface area (Å²) >= 11 is 0. The third kappa shape index (κ3) is 3.14. The van der Waals surface area contributed by atoms with Crippen molar-refractivity contribution in [1.29, 1.82) is 0 Å². The topological polar surface area (TPSA) is 87.5 Å². The molecule has 1 aliphatic heterocycles. The second kappa shape index (κ2) is 6.48. The maximum atomic E-state index is 12.2. The van der Waals surface area contributed by atoms with Crippen LogP contribution in [-0.4, -0.2) is 50.8 Å². The molecule has 0 bridgehead atoms. The highest BCUT2D eigenvalue weighted by molar-refractivity contribution is 5.92. The van der Waals surface area contributed by atoms with Gasteiger partial charge in [-0.3, -0.25) is 14.5 Å². The number of nitrogens with zero attached hydrogens (tertiary/aromatic N) is 3. The number of rotatable bonds is 5. The zero-order valence-corrected chi connectivity index (χ0v) is 12.6. The Hall–Kier alpha value is -1.89. The molecule has 1 aromatic rings. The van der Waals surface area contributed by atoms with Gasteiger partial charge in [-0.05, 0) is 32.2 Å². The second-order valence-corrected chi connectivity index (χ2v) is 6.11. The van der Waals surface area contributed by atoms with Gasteiger partial charge in [0.25, 0.3) is 0 Å². The molecule has 22 heavy (non-hydrogen) atoms.